The fraction of sp³-hybridized carbons (Fsp3) is 1.00. The molecule has 0 heterocycles. The van der Waals surface area contributed by atoms with Crippen LogP contribution in [-0.2, 0) is 0 Å². The summed E-state index contributed by atoms with van der Waals surface area (Å²) in [5.74, 6) is 0. The zero-order valence-corrected chi connectivity index (χ0v) is 7.19. The van der Waals surface area contributed by atoms with E-state index in [4.69, 9.17) is 0 Å². The van der Waals surface area contributed by atoms with Crippen LogP contribution in [0.15, 0.2) is 0 Å². The van der Waals surface area contributed by atoms with Gasteiger partial charge in [-0.25, -0.2) is 0 Å². The van der Waals surface area contributed by atoms with Gasteiger partial charge in [0.25, 0.3) is 0 Å². The molecule has 2 heteroatoms. The topological polar surface area (TPSA) is 12.0 Å². The number of hydrogen-bond donors (Lipinski definition) is 1. The number of rotatable bonds is 2. The predicted octanol–water partition coefficient (Wildman–Crippen LogP) is 1.67. The zero-order valence-electron chi connectivity index (χ0n) is 7.19. The van der Waals surface area contributed by atoms with Gasteiger partial charge in [0.15, 0.2) is 0 Å². The Morgan fingerprint density at radius 2 is 1.64 bits per heavy atom. The Morgan fingerprint density at radius 3 is 2.09 bits per heavy atom. The third-order valence-electron chi connectivity index (χ3n) is 2.17. The van der Waals surface area contributed by atoms with E-state index in [1.54, 1.807) is 0 Å². The molecule has 0 aromatic rings. The maximum absolute atomic E-state index is 3.58. The molecule has 1 aliphatic carbocycles. The van der Waals surface area contributed by atoms with Gasteiger partial charge in [0.05, 0.1) is 0 Å². The molecule has 0 bridgehead atoms. The van der Waals surface area contributed by atoms with Crippen molar-refractivity contribution in [3.8, 4) is 0 Å². The van der Waals surface area contributed by atoms with Gasteiger partial charge in [-0.15, -0.1) is 0 Å². The van der Waals surface area contributed by atoms with E-state index in [0.717, 1.165) is 6.04 Å². The van der Waals surface area contributed by atoms with Gasteiger partial charge in [-0.2, -0.15) is 0 Å². The van der Waals surface area contributed by atoms with Crippen molar-refractivity contribution < 1.29 is 0 Å². The minimum absolute atomic E-state index is 0. The molecule has 0 saturated heterocycles. The van der Waals surface area contributed by atoms with Crippen LogP contribution in [0.25, 0.3) is 0 Å². The molecule has 62 valence electrons. The van der Waals surface area contributed by atoms with Crippen molar-refractivity contribution in [1.29, 1.82) is 0 Å². The van der Waals surface area contributed by atoms with E-state index in [0.29, 0.717) is 6.04 Å². The van der Waals surface area contributed by atoms with Gasteiger partial charge in [0.2, 0.25) is 0 Å². The number of nitrogens with one attached hydrogen (secondary N) is 1. The van der Waals surface area contributed by atoms with Crippen LogP contribution in [0.2, 0.25) is 0 Å². The number of hydrogen-bond acceptors (Lipinski definition) is 1. The molecular weight excluding hydrogens is 145 g/mol. The summed E-state index contributed by atoms with van der Waals surface area (Å²) in [6.07, 6.45) is 7.13. The zero-order chi connectivity index (χ0) is 7.40. The second-order valence-corrected chi connectivity index (χ2v) is 3.66. The van der Waals surface area contributed by atoms with Crippen molar-refractivity contribution >= 4 is 29.6 Å². The van der Waals surface area contributed by atoms with Crippen LogP contribution in [0, 0.1) is 0 Å². The summed E-state index contributed by atoms with van der Waals surface area (Å²) in [7, 11) is 0. The molecule has 1 rings (SSSR count). The summed E-state index contributed by atoms with van der Waals surface area (Å²) in [5.41, 5.74) is 0. The van der Waals surface area contributed by atoms with Gasteiger partial charge >= 0.3 is 29.6 Å². The Hall–Kier alpha value is 0.960. The van der Waals surface area contributed by atoms with E-state index in [1.165, 1.54) is 32.1 Å². The molecule has 0 amide bonds. The first-order chi connectivity index (χ1) is 4.79. The standard InChI is InChI=1S/C9H19N.Na.H/c1-8(2)10-9-6-4-3-5-7-9;;/h8-10H,3-7H2,1-2H3;;. The minimum atomic E-state index is 0. The van der Waals surface area contributed by atoms with Crippen LogP contribution in [0.3, 0.4) is 0 Å². The van der Waals surface area contributed by atoms with Crippen molar-refractivity contribution in [2.24, 2.45) is 0 Å². The van der Waals surface area contributed by atoms with Gasteiger partial charge in [-0.1, -0.05) is 33.1 Å². The van der Waals surface area contributed by atoms with Crippen LogP contribution in [0.5, 0.6) is 0 Å². The molecule has 1 N–H and O–H groups in total. The van der Waals surface area contributed by atoms with Crippen molar-refractivity contribution in [3.05, 3.63) is 0 Å². The average molecular weight is 165 g/mol. The summed E-state index contributed by atoms with van der Waals surface area (Å²) in [5, 5.41) is 3.58. The summed E-state index contributed by atoms with van der Waals surface area (Å²) in [4.78, 5) is 0. The van der Waals surface area contributed by atoms with Gasteiger partial charge in [-0.3, -0.25) is 0 Å². The summed E-state index contributed by atoms with van der Waals surface area (Å²) in [6, 6.07) is 1.50. The fourth-order valence-electron chi connectivity index (χ4n) is 1.74. The monoisotopic (exact) mass is 165 g/mol. The van der Waals surface area contributed by atoms with Crippen LogP contribution in [0.1, 0.15) is 46.0 Å². The van der Waals surface area contributed by atoms with E-state index < -0.39 is 0 Å². The van der Waals surface area contributed by atoms with E-state index in [-0.39, 0.29) is 29.6 Å². The summed E-state index contributed by atoms with van der Waals surface area (Å²) in [6.45, 7) is 4.46. The maximum atomic E-state index is 3.58. The van der Waals surface area contributed by atoms with Crippen LogP contribution < -0.4 is 5.32 Å². The van der Waals surface area contributed by atoms with Gasteiger partial charge in [0.1, 0.15) is 0 Å². The van der Waals surface area contributed by atoms with Gasteiger partial charge in [0, 0.05) is 12.1 Å². The van der Waals surface area contributed by atoms with E-state index >= 15 is 0 Å². The Kier molecular flexibility index (Phi) is 7.04. The van der Waals surface area contributed by atoms with Crippen LogP contribution in [0.4, 0.5) is 0 Å². The summed E-state index contributed by atoms with van der Waals surface area (Å²) < 4.78 is 0. The second-order valence-electron chi connectivity index (χ2n) is 3.66. The third-order valence-corrected chi connectivity index (χ3v) is 2.17. The first-order valence-corrected chi connectivity index (χ1v) is 4.55. The fourth-order valence-corrected chi connectivity index (χ4v) is 1.74. The molecule has 1 aliphatic rings. The molecule has 0 atom stereocenters. The molecule has 0 spiro atoms. The van der Waals surface area contributed by atoms with Crippen molar-refractivity contribution in [1.82, 2.24) is 5.32 Å². The van der Waals surface area contributed by atoms with E-state index in [2.05, 4.69) is 19.2 Å². The second kappa shape index (κ2) is 6.47. The molecule has 1 fully saturated rings. The predicted molar refractivity (Wildman–Crippen MR) is 52.3 cm³/mol. The molecule has 0 unspecified atom stereocenters. The first-order valence-electron chi connectivity index (χ1n) is 4.55. The SMILES string of the molecule is CC(C)NC1CCCCC1.[NaH]. The van der Waals surface area contributed by atoms with Crippen molar-refractivity contribution in [2.75, 3.05) is 0 Å². The average Bonchev–Trinajstić information content (AvgIpc) is 1.88. The van der Waals surface area contributed by atoms with Crippen molar-refractivity contribution in [3.63, 3.8) is 0 Å². The Morgan fingerprint density at radius 1 is 1.09 bits per heavy atom. The van der Waals surface area contributed by atoms with E-state index in [1.807, 2.05) is 0 Å². The Balaban J connectivity index is 0.000001000. The van der Waals surface area contributed by atoms with Crippen LogP contribution in [-0.4, -0.2) is 41.6 Å². The molecule has 0 aromatic heterocycles. The summed E-state index contributed by atoms with van der Waals surface area (Å²) >= 11 is 0. The molecule has 0 radical (unpaired) electrons. The van der Waals surface area contributed by atoms with Crippen molar-refractivity contribution in [2.45, 2.75) is 58.0 Å². The third kappa shape index (κ3) is 5.24. The Bertz CT molecular complexity index is 87.6. The first kappa shape index (κ1) is 12.0. The van der Waals surface area contributed by atoms with Gasteiger partial charge < -0.3 is 5.32 Å². The molecule has 0 aromatic carbocycles. The normalized spacial score (nSPS) is 19.9. The van der Waals surface area contributed by atoms with E-state index in [9.17, 15) is 0 Å². The Labute approximate surface area is 92.6 Å². The molecular formula is C9H20NNa. The molecule has 1 saturated carbocycles. The van der Waals surface area contributed by atoms with Crippen LogP contribution >= 0.6 is 0 Å². The quantitative estimate of drug-likeness (QED) is 0.614. The molecule has 0 aliphatic heterocycles. The molecule has 1 nitrogen and oxygen atoms in total. The van der Waals surface area contributed by atoms with Gasteiger partial charge in [-0.05, 0) is 12.8 Å². The molecule has 11 heavy (non-hydrogen) atoms.